The molecule has 4 aromatic rings. The van der Waals surface area contributed by atoms with Crippen LogP contribution in [0.5, 0.6) is 0 Å². The molecule has 108 valence electrons. The summed E-state index contributed by atoms with van der Waals surface area (Å²) in [5.74, 6) is 0. The molecule has 0 radical (unpaired) electrons. The lowest BCUT2D eigenvalue weighted by atomic mass is 10.1. The van der Waals surface area contributed by atoms with Gasteiger partial charge in [-0.2, -0.15) is 4.80 Å². The largest absolute Gasteiger partial charge is 0.378 e. The lowest BCUT2D eigenvalue weighted by molar-refractivity contribution is 0.766. The second kappa shape index (κ2) is 4.84. The summed E-state index contributed by atoms with van der Waals surface area (Å²) in [6, 6.07) is 20.6. The van der Waals surface area contributed by atoms with E-state index >= 15 is 0 Å². The van der Waals surface area contributed by atoms with Crippen molar-refractivity contribution in [2.45, 2.75) is 0 Å². The van der Waals surface area contributed by atoms with Gasteiger partial charge in [0.25, 0.3) is 0 Å². The standard InChI is InChI=1S/C18H16N4/c1-21(2)14-8-10-15(11-9-14)22-19-17-12-7-13-5-3-4-6-16(13)18(17)20-22/h3-12H,1-2H3. The Kier molecular flexibility index (Phi) is 2.82. The van der Waals surface area contributed by atoms with Crippen LogP contribution < -0.4 is 4.90 Å². The summed E-state index contributed by atoms with van der Waals surface area (Å²) >= 11 is 0. The van der Waals surface area contributed by atoms with Crippen molar-refractivity contribution in [2.24, 2.45) is 0 Å². The zero-order valence-corrected chi connectivity index (χ0v) is 12.6. The van der Waals surface area contributed by atoms with Gasteiger partial charge in [-0.05, 0) is 35.7 Å². The van der Waals surface area contributed by atoms with Crippen LogP contribution in [0.15, 0.2) is 60.7 Å². The highest BCUT2D eigenvalue weighted by Crippen LogP contribution is 2.23. The number of rotatable bonds is 2. The molecule has 4 heteroatoms. The van der Waals surface area contributed by atoms with Gasteiger partial charge < -0.3 is 4.90 Å². The van der Waals surface area contributed by atoms with Gasteiger partial charge in [-0.3, -0.25) is 0 Å². The second-order valence-electron chi connectivity index (χ2n) is 5.55. The molecule has 0 bridgehead atoms. The fourth-order valence-corrected chi connectivity index (χ4v) is 2.65. The maximum atomic E-state index is 4.68. The molecule has 3 aromatic carbocycles. The second-order valence-corrected chi connectivity index (χ2v) is 5.55. The molecule has 1 heterocycles. The number of hydrogen-bond acceptors (Lipinski definition) is 3. The Morgan fingerprint density at radius 1 is 0.818 bits per heavy atom. The minimum atomic E-state index is 0.912. The van der Waals surface area contributed by atoms with E-state index in [4.69, 9.17) is 0 Å². The Morgan fingerprint density at radius 2 is 1.59 bits per heavy atom. The van der Waals surface area contributed by atoms with E-state index in [1.807, 2.05) is 44.4 Å². The Morgan fingerprint density at radius 3 is 2.36 bits per heavy atom. The average Bonchev–Trinajstić information content (AvgIpc) is 2.99. The SMILES string of the molecule is CN(C)c1ccc(-n2nc3ccc4ccccc4c3n2)cc1. The third-order valence-corrected chi connectivity index (χ3v) is 3.87. The van der Waals surface area contributed by atoms with E-state index in [0.717, 1.165) is 27.8 Å². The third-order valence-electron chi connectivity index (χ3n) is 3.87. The van der Waals surface area contributed by atoms with Crippen LogP contribution in [0, 0.1) is 0 Å². The van der Waals surface area contributed by atoms with Gasteiger partial charge in [-0.1, -0.05) is 30.3 Å². The summed E-state index contributed by atoms with van der Waals surface area (Å²) in [5, 5.41) is 11.6. The van der Waals surface area contributed by atoms with Crippen molar-refractivity contribution in [3.63, 3.8) is 0 Å². The average molecular weight is 288 g/mol. The first-order valence-corrected chi connectivity index (χ1v) is 7.25. The van der Waals surface area contributed by atoms with Crippen molar-refractivity contribution >= 4 is 27.5 Å². The number of aromatic nitrogens is 3. The van der Waals surface area contributed by atoms with Crippen molar-refractivity contribution in [1.82, 2.24) is 15.0 Å². The quantitative estimate of drug-likeness (QED) is 0.564. The summed E-state index contributed by atoms with van der Waals surface area (Å²) in [5.41, 5.74) is 3.97. The predicted molar refractivity (Wildman–Crippen MR) is 90.7 cm³/mol. The van der Waals surface area contributed by atoms with E-state index in [1.54, 1.807) is 4.80 Å². The molecule has 0 saturated heterocycles. The molecular formula is C18H16N4. The molecule has 0 saturated carbocycles. The van der Waals surface area contributed by atoms with Crippen molar-refractivity contribution in [2.75, 3.05) is 19.0 Å². The van der Waals surface area contributed by atoms with Crippen molar-refractivity contribution in [3.05, 3.63) is 60.7 Å². The monoisotopic (exact) mass is 288 g/mol. The molecule has 4 nitrogen and oxygen atoms in total. The Hall–Kier alpha value is -2.88. The predicted octanol–water partition coefficient (Wildman–Crippen LogP) is 3.64. The molecule has 0 aliphatic heterocycles. The molecule has 1 aromatic heterocycles. The van der Waals surface area contributed by atoms with Crippen LogP contribution in [-0.4, -0.2) is 29.1 Å². The number of anilines is 1. The molecule has 0 spiro atoms. The number of hydrogen-bond donors (Lipinski definition) is 0. The van der Waals surface area contributed by atoms with E-state index in [1.165, 1.54) is 5.39 Å². The minimum Gasteiger partial charge on any atom is -0.378 e. The summed E-state index contributed by atoms with van der Waals surface area (Å²) in [7, 11) is 4.06. The maximum Gasteiger partial charge on any atom is 0.121 e. The first-order chi connectivity index (χ1) is 10.7. The van der Waals surface area contributed by atoms with Crippen LogP contribution in [0.2, 0.25) is 0 Å². The van der Waals surface area contributed by atoms with Gasteiger partial charge in [0.1, 0.15) is 11.0 Å². The highest BCUT2D eigenvalue weighted by Gasteiger charge is 2.08. The summed E-state index contributed by atoms with van der Waals surface area (Å²) < 4.78 is 0. The summed E-state index contributed by atoms with van der Waals surface area (Å²) in [6.45, 7) is 0. The molecule has 0 unspecified atom stereocenters. The summed E-state index contributed by atoms with van der Waals surface area (Å²) in [6.07, 6.45) is 0. The van der Waals surface area contributed by atoms with Gasteiger partial charge in [-0.15, -0.1) is 10.2 Å². The van der Waals surface area contributed by atoms with Crippen LogP contribution in [0.25, 0.3) is 27.5 Å². The number of nitrogens with zero attached hydrogens (tertiary/aromatic N) is 4. The van der Waals surface area contributed by atoms with Gasteiger partial charge in [0.15, 0.2) is 0 Å². The van der Waals surface area contributed by atoms with E-state index in [9.17, 15) is 0 Å². The topological polar surface area (TPSA) is 34.0 Å². The third kappa shape index (κ3) is 2.00. The van der Waals surface area contributed by atoms with Crippen molar-refractivity contribution < 1.29 is 0 Å². The molecule has 0 fully saturated rings. The highest BCUT2D eigenvalue weighted by atomic mass is 15.5. The molecule has 0 atom stereocenters. The van der Waals surface area contributed by atoms with Crippen molar-refractivity contribution in [3.8, 4) is 5.69 Å². The molecule has 0 aliphatic rings. The molecular weight excluding hydrogens is 272 g/mol. The van der Waals surface area contributed by atoms with Gasteiger partial charge in [0.2, 0.25) is 0 Å². The lowest BCUT2D eigenvalue weighted by Crippen LogP contribution is -2.08. The molecule has 4 rings (SSSR count). The van der Waals surface area contributed by atoms with Crippen LogP contribution in [0.3, 0.4) is 0 Å². The molecule has 0 amide bonds. The number of benzene rings is 3. The maximum absolute atomic E-state index is 4.68. The van der Waals surface area contributed by atoms with Gasteiger partial charge in [0.05, 0.1) is 5.69 Å². The van der Waals surface area contributed by atoms with E-state index in [0.29, 0.717) is 0 Å². The van der Waals surface area contributed by atoms with Gasteiger partial charge >= 0.3 is 0 Å². The van der Waals surface area contributed by atoms with Crippen molar-refractivity contribution in [1.29, 1.82) is 0 Å². The first kappa shape index (κ1) is 12.8. The normalized spacial score (nSPS) is 11.2. The van der Waals surface area contributed by atoms with Gasteiger partial charge in [-0.25, -0.2) is 0 Å². The van der Waals surface area contributed by atoms with Crippen LogP contribution in [-0.2, 0) is 0 Å². The number of fused-ring (bicyclic) bond motifs is 3. The van der Waals surface area contributed by atoms with E-state index < -0.39 is 0 Å². The fraction of sp³-hybridized carbons (Fsp3) is 0.111. The van der Waals surface area contributed by atoms with Crippen LogP contribution >= 0.6 is 0 Å². The van der Waals surface area contributed by atoms with Crippen LogP contribution in [0.4, 0.5) is 5.69 Å². The first-order valence-electron chi connectivity index (χ1n) is 7.25. The fourth-order valence-electron chi connectivity index (χ4n) is 2.65. The Balaban J connectivity index is 1.87. The smallest absolute Gasteiger partial charge is 0.121 e. The molecule has 0 N–H and O–H groups in total. The van der Waals surface area contributed by atoms with E-state index in [-0.39, 0.29) is 0 Å². The van der Waals surface area contributed by atoms with E-state index in [2.05, 4.69) is 45.4 Å². The Bertz CT molecular complexity index is 952. The Labute approximate surface area is 128 Å². The highest BCUT2D eigenvalue weighted by molar-refractivity contribution is 6.03. The molecule has 0 aliphatic carbocycles. The zero-order valence-electron chi connectivity index (χ0n) is 12.6. The molecule has 22 heavy (non-hydrogen) atoms. The zero-order chi connectivity index (χ0) is 15.1. The van der Waals surface area contributed by atoms with Gasteiger partial charge in [0, 0.05) is 25.2 Å². The lowest BCUT2D eigenvalue weighted by Gasteiger charge is -2.12. The van der Waals surface area contributed by atoms with Crippen LogP contribution in [0.1, 0.15) is 0 Å². The summed E-state index contributed by atoms with van der Waals surface area (Å²) in [4.78, 5) is 3.78. The minimum absolute atomic E-state index is 0.912.